The van der Waals surface area contributed by atoms with Crippen LogP contribution in [0.2, 0.25) is 0 Å². The van der Waals surface area contributed by atoms with Crippen molar-refractivity contribution in [3.63, 3.8) is 0 Å². The lowest BCUT2D eigenvalue weighted by Gasteiger charge is -2.14. The molecule has 1 amide bonds. The van der Waals surface area contributed by atoms with E-state index in [4.69, 9.17) is 9.47 Å². The van der Waals surface area contributed by atoms with Gasteiger partial charge in [-0.05, 0) is 48.5 Å². The lowest BCUT2D eigenvalue weighted by molar-refractivity contribution is 0.101. The van der Waals surface area contributed by atoms with Crippen LogP contribution >= 0.6 is 0 Å². The van der Waals surface area contributed by atoms with Gasteiger partial charge < -0.3 is 14.8 Å². The number of methoxy groups -OCH3 is 2. The number of hydrogen-bond donors (Lipinski definition) is 2. The molecule has 0 aliphatic carbocycles. The molecule has 0 saturated carbocycles. The third kappa shape index (κ3) is 4.79. The highest BCUT2D eigenvalue weighted by molar-refractivity contribution is 7.92. The van der Waals surface area contributed by atoms with Gasteiger partial charge in [-0.25, -0.2) is 18.4 Å². The van der Waals surface area contributed by atoms with Gasteiger partial charge in [-0.15, -0.1) is 0 Å². The van der Waals surface area contributed by atoms with Crippen molar-refractivity contribution in [2.45, 2.75) is 4.90 Å². The van der Waals surface area contributed by atoms with E-state index < -0.39 is 15.9 Å². The van der Waals surface area contributed by atoms with Gasteiger partial charge in [0.25, 0.3) is 15.9 Å². The van der Waals surface area contributed by atoms with Crippen molar-refractivity contribution in [2.24, 2.45) is 0 Å². The van der Waals surface area contributed by atoms with Crippen molar-refractivity contribution >= 4 is 27.3 Å². The third-order valence-corrected chi connectivity index (χ3v) is 5.22. The highest BCUT2D eigenvalue weighted by atomic mass is 32.2. The van der Waals surface area contributed by atoms with Gasteiger partial charge in [0, 0.05) is 23.8 Å². The number of anilines is 2. The first-order valence-electron chi connectivity index (χ1n) is 8.36. The fourth-order valence-electron chi connectivity index (χ4n) is 2.44. The van der Waals surface area contributed by atoms with Crippen molar-refractivity contribution in [1.29, 1.82) is 0 Å². The molecular formula is C19H18N4O5S. The first-order valence-corrected chi connectivity index (χ1v) is 9.84. The minimum absolute atomic E-state index is 0.0379. The minimum atomic E-state index is -4.00. The first-order chi connectivity index (χ1) is 13.9. The Bertz CT molecular complexity index is 1100. The summed E-state index contributed by atoms with van der Waals surface area (Å²) in [6.07, 6.45) is 2.87. The topological polar surface area (TPSA) is 120 Å². The molecule has 0 unspecified atom stereocenters. The fraction of sp³-hybridized carbons (Fsp3) is 0.105. The van der Waals surface area contributed by atoms with Crippen LogP contribution in [0.5, 0.6) is 11.5 Å². The molecule has 1 heterocycles. The van der Waals surface area contributed by atoms with Gasteiger partial charge in [0.1, 0.15) is 16.4 Å². The summed E-state index contributed by atoms with van der Waals surface area (Å²) in [5.41, 5.74) is 0.596. The van der Waals surface area contributed by atoms with Crippen LogP contribution in [0, 0.1) is 0 Å². The Morgan fingerprint density at radius 2 is 1.59 bits per heavy atom. The quantitative estimate of drug-likeness (QED) is 0.610. The van der Waals surface area contributed by atoms with Crippen molar-refractivity contribution < 1.29 is 22.7 Å². The predicted octanol–water partition coefficient (Wildman–Crippen LogP) is 2.55. The van der Waals surface area contributed by atoms with E-state index in [1.807, 2.05) is 0 Å². The van der Waals surface area contributed by atoms with Crippen LogP contribution in [0.15, 0.2) is 65.8 Å². The third-order valence-electron chi connectivity index (χ3n) is 3.82. The van der Waals surface area contributed by atoms with Crippen molar-refractivity contribution in [1.82, 2.24) is 9.97 Å². The normalized spacial score (nSPS) is 10.8. The summed E-state index contributed by atoms with van der Waals surface area (Å²) in [6, 6.07) is 12.3. The molecule has 29 heavy (non-hydrogen) atoms. The zero-order chi connectivity index (χ0) is 20.9. The van der Waals surface area contributed by atoms with Crippen LogP contribution in [0.4, 0.5) is 11.4 Å². The number of hydrogen-bond acceptors (Lipinski definition) is 7. The molecule has 0 saturated heterocycles. The molecule has 2 N–H and O–H groups in total. The van der Waals surface area contributed by atoms with E-state index >= 15 is 0 Å². The SMILES string of the molecule is COc1ccc(NS(=O)(=O)c2cc(NC(=O)c3ncccn3)ccc2OC)cc1. The molecule has 0 atom stereocenters. The molecule has 9 nitrogen and oxygen atoms in total. The number of ether oxygens (including phenoxy) is 2. The highest BCUT2D eigenvalue weighted by Gasteiger charge is 2.21. The summed E-state index contributed by atoms with van der Waals surface area (Å²) >= 11 is 0. The highest BCUT2D eigenvalue weighted by Crippen LogP contribution is 2.29. The number of carbonyl (C=O) groups is 1. The smallest absolute Gasteiger partial charge is 0.293 e. The van der Waals surface area contributed by atoms with E-state index in [2.05, 4.69) is 20.0 Å². The van der Waals surface area contributed by atoms with Crippen LogP contribution < -0.4 is 19.5 Å². The Morgan fingerprint density at radius 3 is 2.21 bits per heavy atom. The van der Waals surface area contributed by atoms with Crippen LogP contribution in [0.3, 0.4) is 0 Å². The molecular weight excluding hydrogens is 396 g/mol. The number of nitrogens with zero attached hydrogens (tertiary/aromatic N) is 2. The molecule has 10 heteroatoms. The van der Waals surface area contributed by atoms with Crippen LogP contribution in [-0.2, 0) is 10.0 Å². The average Bonchev–Trinajstić information content (AvgIpc) is 2.74. The van der Waals surface area contributed by atoms with Crippen LogP contribution in [0.25, 0.3) is 0 Å². The first kappa shape index (κ1) is 20.1. The molecule has 150 valence electrons. The van der Waals surface area contributed by atoms with Crippen molar-refractivity contribution in [3.8, 4) is 11.5 Å². The van der Waals surface area contributed by atoms with Gasteiger partial charge in [-0.3, -0.25) is 9.52 Å². The van der Waals surface area contributed by atoms with Gasteiger partial charge in [-0.1, -0.05) is 0 Å². The van der Waals surface area contributed by atoms with E-state index in [1.54, 1.807) is 30.3 Å². The molecule has 0 aliphatic rings. The van der Waals surface area contributed by atoms with Gasteiger partial charge >= 0.3 is 0 Å². The van der Waals surface area contributed by atoms with Gasteiger partial charge in [0.2, 0.25) is 5.82 Å². The number of benzene rings is 2. The number of carbonyl (C=O) groups excluding carboxylic acids is 1. The average molecular weight is 414 g/mol. The lowest BCUT2D eigenvalue weighted by atomic mass is 10.3. The Hall–Kier alpha value is -3.66. The fourth-order valence-corrected chi connectivity index (χ4v) is 3.69. The Balaban J connectivity index is 1.88. The standard InChI is InChI=1S/C19H18N4O5S/c1-27-15-7-4-13(5-8-15)23-29(25,26)17-12-14(6-9-16(17)28-2)22-19(24)18-20-10-3-11-21-18/h3-12,23H,1-2H3,(H,22,24). The summed E-state index contributed by atoms with van der Waals surface area (Å²) in [5.74, 6) is 0.115. The zero-order valence-electron chi connectivity index (χ0n) is 15.6. The minimum Gasteiger partial charge on any atom is -0.497 e. The second-order valence-corrected chi connectivity index (χ2v) is 7.38. The van der Waals surface area contributed by atoms with E-state index in [0.29, 0.717) is 11.4 Å². The molecule has 0 spiro atoms. The van der Waals surface area contributed by atoms with Crippen molar-refractivity contribution in [3.05, 3.63) is 66.7 Å². The van der Waals surface area contributed by atoms with E-state index in [9.17, 15) is 13.2 Å². The Labute approximate surface area is 167 Å². The maximum absolute atomic E-state index is 12.9. The van der Waals surface area contributed by atoms with E-state index in [-0.39, 0.29) is 22.2 Å². The summed E-state index contributed by atoms with van der Waals surface area (Å²) in [4.78, 5) is 19.8. The molecule has 0 radical (unpaired) electrons. The maximum atomic E-state index is 12.9. The van der Waals surface area contributed by atoms with E-state index in [0.717, 1.165) is 0 Å². The van der Waals surface area contributed by atoms with Gasteiger partial charge in [0.15, 0.2) is 0 Å². The molecule has 0 aliphatic heterocycles. The van der Waals surface area contributed by atoms with Crippen LogP contribution in [0.1, 0.15) is 10.6 Å². The second kappa shape index (κ2) is 8.57. The number of nitrogens with one attached hydrogen (secondary N) is 2. The zero-order valence-corrected chi connectivity index (χ0v) is 16.4. The van der Waals surface area contributed by atoms with Crippen molar-refractivity contribution in [2.75, 3.05) is 24.3 Å². The van der Waals surface area contributed by atoms with Crippen LogP contribution in [-0.4, -0.2) is 38.5 Å². The molecule has 0 bridgehead atoms. The molecule has 1 aromatic heterocycles. The molecule has 3 rings (SSSR count). The van der Waals surface area contributed by atoms with Gasteiger partial charge in [-0.2, -0.15) is 0 Å². The number of aromatic nitrogens is 2. The maximum Gasteiger partial charge on any atom is 0.293 e. The Kier molecular flexibility index (Phi) is 5.93. The molecule has 3 aromatic rings. The predicted molar refractivity (Wildman–Crippen MR) is 107 cm³/mol. The second-order valence-electron chi connectivity index (χ2n) is 5.73. The van der Waals surface area contributed by atoms with E-state index in [1.165, 1.54) is 44.8 Å². The number of sulfonamides is 1. The summed E-state index contributed by atoms with van der Waals surface area (Å²) in [6.45, 7) is 0. The molecule has 2 aromatic carbocycles. The largest absolute Gasteiger partial charge is 0.497 e. The molecule has 0 fully saturated rings. The monoisotopic (exact) mass is 414 g/mol. The summed E-state index contributed by atoms with van der Waals surface area (Å²) in [5, 5.41) is 2.57. The lowest BCUT2D eigenvalue weighted by Crippen LogP contribution is -2.17. The van der Waals surface area contributed by atoms with Gasteiger partial charge in [0.05, 0.1) is 14.2 Å². The summed E-state index contributed by atoms with van der Waals surface area (Å²) in [7, 11) is -1.12. The summed E-state index contributed by atoms with van der Waals surface area (Å²) < 4.78 is 38.5. The number of amides is 1. The number of rotatable bonds is 7. The Morgan fingerprint density at radius 1 is 0.931 bits per heavy atom.